The Morgan fingerprint density at radius 3 is 2.52 bits per heavy atom. The van der Waals surface area contributed by atoms with Crippen molar-refractivity contribution in [2.45, 2.75) is 6.10 Å². The molecule has 0 amide bonds. The van der Waals surface area contributed by atoms with Gasteiger partial charge in [0.25, 0.3) is 0 Å². The van der Waals surface area contributed by atoms with E-state index in [1.165, 1.54) is 6.07 Å². The Morgan fingerprint density at radius 2 is 1.86 bits per heavy atom. The minimum Gasteiger partial charge on any atom is -0.386 e. The Morgan fingerprint density at radius 1 is 1.14 bits per heavy atom. The molecule has 0 aliphatic heterocycles. The SMILES string of the molecule is OC(CNc1ccc(Br)c(Cl)c1Cl)c1ccc(F)cc1F. The molecule has 7 heteroatoms. The van der Waals surface area contributed by atoms with E-state index >= 15 is 0 Å². The topological polar surface area (TPSA) is 32.3 Å². The molecule has 0 spiro atoms. The summed E-state index contributed by atoms with van der Waals surface area (Å²) in [6, 6.07) is 6.38. The molecule has 1 unspecified atom stereocenters. The van der Waals surface area contributed by atoms with Crippen molar-refractivity contribution in [3.05, 3.63) is 62.0 Å². The van der Waals surface area contributed by atoms with Crippen molar-refractivity contribution >= 4 is 44.8 Å². The summed E-state index contributed by atoms with van der Waals surface area (Å²) in [6.45, 7) is 0.000232. The molecule has 0 saturated carbocycles. The molecule has 0 aliphatic carbocycles. The van der Waals surface area contributed by atoms with Gasteiger partial charge < -0.3 is 10.4 Å². The van der Waals surface area contributed by atoms with Crippen molar-refractivity contribution in [2.24, 2.45) is 0 Å². The summed E-state index contributed by atoms with van der Waals surface area (Å²) >= 11 is 15.3. The molecule has 2 nitrogen and oxygen atoms in total. The van der Waals surface area contributed by atoms with Crippen LogP contribution in [0.2, 0.25) is 10.0 Å². The second-order valence-electron chi connectivity index (χ2n) is 4.29. The summed E-state index contributed by atoms with van der Waals surface area (Å²) in [7, 11) is 0. The molecule has 0 saturated heterocycles. The van der Waals surface area contributed by atoms with Gasteiger partial charge in [-0.2, -0.15) is 0 Å². The summed E-state index contributed by atoms with van der Waals surface area (Å²) in [5.74, 6) is -1.50. The van der Waals surface area contributed by atoms with Crippen molar-refractivity contribution in [3.8, 4) is 0 Å². The van der Waals surface area contributed by atoms with Gasteiger partial charge >= 0.3 is 0 Å². The van der Waals surface area contributed by atoms with Crippen molar-refractivity contribution < 1.29 is 13.9 Å². The van der Waals surface area contributed by atoms with Gasteiger partial charge in [0.15, 0.2) is 0 Å². The highest BCUT2D eigenvalue weighted by atomic mass is 79.9. The maximum Gasteiger partial charge on any atom is 0.131 e. The fourth-order valence-electron chi connectivity index (χ4n) is 1.75. The number of benzene rings is 2. The molecule has 2 aromatic rings. The zero-order chi connectivity index (χ0) is 15.6. The summed E-state index contributed by atoms with van der Waals surface area (Å²) in [4.78, 5) is 0. The molecular formula is C14H10BrCl2F2NO. The van der Waals surface area contributed by atoms with Crippen LogP contribution >= 0.6 is 39.1 Å². The monoisotopic (exact) mass is 395 g/mol. The lowest BCUT2D eigenvalue weighted by atomic mass is 10.1. The van der Waals surface area contributed by atoms with Crippen LogP contribution in [0.15, 0.2) is 34.8 Å². The van der Waals surface area contributed by atoms with Crippen LogP contribution in [0.1, 0.15) is 11.7 Å². The maximum atomic E-state index is 13.5. The Hall–Kier alpha value is -0.880. The molecule has 112 valence electrons. The Kier molecular flexibility index (Phi) is 5.43. The molecule has 0 aromatic heterocycles. The van der Waals surface area contributed by atoms with Gasteiger partial charge in [-0.3, -0.25) is 0 Å². The molecule has 2 N–H and O–H groups in total. The van der Waals surface area contributed by atoms with E-state index in [9.17, 15) is 13.9 Å². The van der Waals surface area contributed by atoms with Gasteiger partial charge in [-0.15, -0.1) is 0 Å². The van der Waals surface area contributed by atoms with E-state index in [0.717, 1.165) is 12.1 Å². The van der Waals surface area contributed by atoms with E-state index in [-0.39, 0.29) is 17.1 Å². The Labute approximate surface area is 138 Å². The molecule has 2 aromatic carbocycles. The highest BCUT2D eigenvalue weighted by Crippen LogP contribution is 2.36. The lowest BCUT2D eigenvalue weighted by Crippen LogP contribution is -2.14. The van der Waals surface area contributed by atoms with Crippen LogP contribution in [-0.4, -0.2) is 11.7 Å². The molecular weight excluding hydrogens is 387 g/mol. The minimum absolute atomic E-state index is 0.000232. The van der Waals surface area contributed by atoms with Gasteiger partial charge in [-0.1, -0.05) is 29.3 Å². The minimum atomic E-state index is -1.15. The summed E-state index contributed by atoms with van der Waals surface area (Å²) in [5, 5.41) is 13.5. The second-order valence-corrected chi connectivity index (χ2v) is 5.90. The average molecular weight is 397 g/mol. The number of halogens is 5. The smallest absolute Gasteiger partial charge is 0.131 e. The zero-order valence-corrected chi connectivity index (χ0v) is 13.6. The molecule has 0 fully saturated rings. The highest BCUT2D eigenvalue weighted by molar-refractivity contribution is 9.10. The van der Waals surface area contributed by atoms with Crippen molar-refractivity contribution in [3.63, 3.8) is 0 Å². The molecule has 21 heavy (non-hydrogen) atoms. The number of nitrogens with one attached hydrogen (secondary N) is 1. The van der Waals surface area contributed by atoms with Gasteiger partial charge in [-0.25, -0.2) is 8.78 Å². The second kappa shape index (κ2) is 6.92. The first-order valence-corrected chi connectivity index (χ1v) is 7.45. The average Bonchev–Trinajstić information content (AvgIpc) is 2.44. The zero-order valence-electron chi connectivity index (χ0n) is 10.5. The first kappa shape index (κ1) is 16.5. The lowest BCUT2D eigenvalue weighted by molar-refractivity contribution is 0.186. The maximum absolute atomic E-state index is 13.5. The molecule has 0 aliphatic rings. The van der Waals surface area contributed by atoms with Crippen LogP contribution in [0.25, 0.3) is 0 Å². The number of aliphatic hydroxyl groups excluding tert-OH is 1. The van der Waals surface area contributed by atoms with Gasteiger partial charge in [0.2, 0.25) is 0 Å². The standard InChI is InChI=1S/C14H10BrCl2F2NO/c15-9-3-4-11(14(17)13(9)16)20-6-12(21)8-2-1-7(18)5-10(8)19/h1-5,12,20-21H,6H2. The van der Waals surface area contributed by atoms with E-state index in [1.54, 1.807) is 12.1 Å². The number of anilines is 1. The normalized spacial score (nSPS) is 12.3. The van der Waals surface area contributed by atoms with Crippen molar-refractivity contribution in [1.29, 1.82) is 0 Å². The largest absolute Gasteiger partial charge is 0.386 e. The first-order chi connectivity index (χ1) is 9.90. The van der Waals surface area contributed by atoms with E-state index in [0.29, 0.717) is 15.2 Å². The molecule has 0 heterocycles. The van der Waals surface area contributed by atoms with Crippen LogP contribution in [0.3, 0.4) is 0 Å². The molecule has 2 rings (SSSR count). The Balaban J connectivity index is 2.11. The molecule has 1 atom stereocenters. The summed E-state index contributed by atoms with van der Waals surface area (Å²) in [6.07, 6.45) is -1.15. The summed E-state index contributed by atoms with van der Waals surface area (Å²) in [5.41, 5.74) is 0.509. The predicted molar refractivity (Wildman–Crippen MR) is 84.0 cm³/mol. The van der Waals surface area contributed by atoms with Crippen LogP contribution in [0.4, 0.5) is 14.5 Å². The number of rotatable bonds is 4. The highest BCUT2D eigenvalue weighted by Gasteiger charge is 2.15. The molecule has 0 radical (unpaired) electrons. The van der Waals surface area contributed by atoms with E-state index < -0.39 is 17.7 Å². The first-order valence-electron chi connectivity index (χ1n) is 5.90. The number of hydrogen-bond donors (Lipinski definition) is 2. The van der Waals surface area contributed by atoms with Crippen LogP contribution in [0.5, 0.6) is 0 Å². The van der Waals surface area contributed by atoms with Crippen LogP contribution in [0, 0.1) is 11.6 Å². The third-order valence-electron chi connectivity index (χ3n) is 2.84. The fraction of sp³-hybridized carbons (Fsp3) is 0.143. The van der Waals surface area contributed by atoms with Gasteiger partial charge in [0, 0.05) is 22.6 Å². The van der Waals surface area contributed by atoms with Gasteiger partial charge in [-0.05, 0) is 34.1 Å². The quantitative estimate of drug-likeness (QED) is 0.698. The fourth-order valence-corrected chi connectivity index (χ4v) is 2.59. The lowest BCUT2D eigenvalue weighted by Gasteiger charge is -2.15. The number of aliphatic hydroxyl groups is 1. The predicted octanol–water partition coefficient (Wildman–Crippen LogP) is 5.18. The van der Waals surface area contributed by atoms with Gasteiger partial charge in [0.1, 0.15) is 11.6 Å². The third-order valence-corrected chi connectivity index (χ3v) is 4.61. The van der Waals surface area contributed by atoms with E-state index in [1.807, 2.05) is 0 Å². The van der Waals surface area contributed by atoms with Crippen molar-refractivity contribution in [2.75, 3.05) is 11.9 Å². The molecule has 0 bridgehead atoms. The summed E-state index contributed by atoms with van der Waals surface area (Å²) < 4.78 is 27.0. The van der Waals surface area contributed by atoms with Crippen LogP contribution in [-0.2, 0) is 0 Å². The Bertz CT molecular complexity index is 670. The van der Waals surface area contributed by atoms with E-state index in [2.05, 4.69) is 21.2 Å². The van der Waals surface area contributed by atoms with Gasteiger partial charge in [0.05, 0.1) is 21.8 Å². The van der Waals surface area contributed by atoms with Crippen molar-refractivity contribution in [1.82, 2.24) is 0 Å². The third kappa shape index (κ3) is 3.86. The van der Waals surface area contributed by atoms with Crippen LogP contribution < -0.4 is 5.32 Å². The number of hydrogen-bond acceptors (Lipinski definition) is 2. The van der Waals surface area contributed by atoms with E-state index in [4.69, 9.17) is 23.2 Å².